The zero-order valence-electron chi connectivity index (χ0n) is 10.5. The van der Waals surface area contributed by atoms with Gasteiger partial charge in [-0.15, -0.1) is 11.3 Å². The molecule has 0 aliphatic rings. The molecule has 20 heavy (non-hydrogen) atoms. The number of carbonyl (C=O) groups excluding carboxylic acids is 1. The lowest BCUT2D eigenvalue weighted by molar-refractivity contribution is 0.102. The van der Waals surface area contributed by atoms with E-state index >= 15 is 0 Å². The van der Waals surface area contributed by atoms with Crippen LogP contribution in [0.5, 0.6) is 0 Å². The predicted octanol–water partition coefficient (Wildman–Crippen LogP) is 5.10. The van der Waals surface area contributed by atoms with E-state index in [1.807, 2.05) is 19.1 Å². The average Bonchev–Trinajstić information content (AvgIpc) is 2.94. The third-order valence-corrected chi connectivity index (χ3v) is 4.91. The molecule has 0 aliphatic heterocycles. The first-order valence-electron chi connectivity index (χ1n) is 5.90. The van der Waals surface area contributed by atoms with Gasteiger partial charge in [0.25, 0.3) is 5.91 Å². The lowest BCUT2D eigenvalue weighted by Crippen LogP contribution is -2.12. The van der Waals surface area contributed by atoms with Gasteiger partial charge in [0.2, 0.25) is 0 Å². The van der Waals surface area contributed by atoms with Gasteiger partial charge in [0.1, 0.15) is 5.69 Å². The summed E-state index contributed by atoms with van der Waals surface area (Å²) in [6.07, 6.45) is 0. The molecule has 0 spiro atoms. The van der Waals surface area contributed by atoms with Gasteiger partial charge in [-0.3, -0.25) is 4.79 Å². The first kappa shape index (κ1) is 13.5. The Morgan fingerprint density at radius 3 is 2.75 bits per heavy atom. The molecule has 0 radical (unpaired) electrons. The summed E-state index contributed by atoms with van der Waals surface area (Å²) >= 11 is 13.7. The molecule has 3 nitrogen and oxygen atoms in total. The van der Waals surface area contributed by atoms with Crippen molar-refractivity contribution in [3.8, 4) is 0 Å². The monoisotopic (exact) mass is 324 g/mol. The Kier molecular flexibility index (Phi) is 3.46. The van der Waals surface area contributed by atoms with E-state index in [0.29, 0.717) is 21.4 Å². The molecule has 0 unspecified atom stereocenters. The topological polar surface area (TPSA) is 44.9 Å². The van der Waals surface area contributed by atoms with E-state index in [4.69, 9.17) is 23.2 Å². The Labute approximate surface area is 129 Å². The van der Waals surface area contributed by atoms with Crippen LogP contribution in [0.1, 0.15) is 15.4 Å². The lowest BCUT2D eigenvalue weighted by atomic mass is 10.3. The smallest absolute Gasteiger partial charge is 0.272 e. The molecule has 0 saturated heterocycles. The molecule has 0 aliphatic carbocycles. The highest BCUT2D eigenvalue weighted by molar-refractivity contribution is 7.19. The molecule has 0 fully saturated rings. The summed E-state index contributed by atoms with van der Waals surface area (Å²) in [7, 11) is 0. The number of aromatic amines is 1. The number of thiophene rings is 1. The van der Waals surface area contributed by atoms with Crippen molar-refractivity contribution in [2.45, 2.75) is 6.92 Å². The molecule has 0 saturated carbocycles. The van der Waals surface area contributed by atoms with Crippen LogP contribution in [0.3, 0.4) is 0 Å². The summed E-state index contributed by atoms with van der Waals surface area (Å²) in [5, 5.41) is 3.94. The van der Waals surface area contributed by atoms with Crippen molar-refractivity contribution in [2.24, 2.45) is 0 Å². The van der Waals surface area contributed by atoms with Gasteiger partial charge < -0.3 is 10.3 Å². The quantitative estimate of drug-likeness (QED) is 0.677. The molecule has 2 N–H and O–H groups in total. The number of nitrogens with one attached hydrogen (secondary N) is 2. The third kappa shape index (κ3) is 2.30. The van der Waals surface area contributed by atoms with Crippen LogP contribution in [0, 0.1) is 6.92 Å². The number of fused-ring (bicyclic) bond motifs is 1. The van der Waals surface area contributed by atoms with Crippen LogP contribution < -0.4 is 5.32 Å². The molecule has 2 aromatic heterocycles. The van der Waals surface area contributed by atoms with E-state index in [9.17, 15) is 4.79 Å². The fourth-order valence-electron chi connectivity index (χ4n) is 1.94. The first-order chi connectivity index (χ1) is 9.56. The van der Waals surface area contributed by atoms with Crippen molar-refractivity contribution in [1.82, 2.24) is 4.98 Å². The molecule has 0 bridgehead atoms. The number of carbonyl (C=O) groups is 1. The van der Waals surface area contributed by atoms with Crippen LogP contribution in [0.15, 0.2) is 30.3 Å². The van der Waals surface area contributed by atoms with Gasteiger partial charge >= 0.3 is 0 Å². The maximum atomic E-state index is 12.2. The average molecular weight is 325 g/mol. The Morgan fingerprint density at radius 1 is 1.30 bits per heavy atom. The fourth-order valence-corrected chi connectivity index (χ4v) is 3.40. The summed E-state index contributed by atoms with van der Waals surface area (Å²) < 4.78 is 0.969. The first-order valence-corrected chi connectivity index (χ1v) is 7.47. The summed E-state index contributed by atoms with van der Waals surface area (Å²) in [4.78, 5) is 16.3. The summed E-state index contributed by atoms with van der Waals surface area (Å²) in [5.74, 6) is -0.241. The minimum Gasteiger partial charge on any atom is -0.349 e. The Bertz CT molecular complexity index is 807. The standard InChI is InChI=1S/C14H10Cl2N2OS/c1-7-12(16)13-11(20-7)6-10(17-13)14(19)18-9-5-3-2-4-8(9)15/h2-6,17H,1H3,(H,18,19). The van der Waals surface area contributed by atoms with Gasteiger partial charge in [-0.1, -0.05) is 35.3 Å². The van der Waals surface area contributed by atoms with E-state index in [1.54, 1.807) is 29.5 Å². The van der Waals surface area contributed by atoms with Crippen LogP contribution >= 0.6 is 34.5 Å². The molecular weight excluding hydrogens is 315 g/mol. The van der Waals surface area contributed by atoms with Crippen LogP contribution in [0.25, 0.3) is 10.2 Å². The van der Waals surface area contributed by atoms with Gasteiger partial charge in [-0.25, -0.2) is 0 Å². The van der Waals surface area contributed by atoms with Crippen molar-refractivity contribution in [1.29, 1.82) is 0 Å². The number of aromatic nitrogens is 1. The van der Waals surface area contributed by atoms with E-state index in [-0.39, 0.29) is 5.91 Å². The second-order valence-corrected chi connectivity index (χ2v) is 6.37. The lowest BCUT2D eigenvalue weighted by Gasteiger charge is -2.05. The van der Waals surface area contributed by atoms with Crippen molar-refractivity contribution in [3.63, 3.8) is 0 Å². The number of para-hydroxylation sites is 1. The molecule has 2 heterocycles. The van der Waals surface area contributed by atoms with Crippen molar-refractivity contribution < 1.29 is 4.79 Å². The maximum Gasteiger partial charge on any atom is 0.272 e. The number of benzene rings is 1. The van der Waals surface area contributed by atoms with Crippen molar-refractivity contribution in [3.05, 3.63) is 50.9 Å². The number of halogens is 2. The largest absolute Gasteiger partial charge is 0.349 e. The summed E-state index contributed by atoms with van der Waals surface area (Å²) in [5.41, 5.74) is 1.85. The zero-order chi connectivity index (χ0) is 14.3. The molecule has 1 amide bonds. The van der Waals surface area contributed by atoms with Gasteiger partial charge in [-0.05, 0) is 25.1 Å². The molecule has 102 valence electrons. The number of H-pyrrole nitrogens is 1. The number of amides is 1. The number of hydrogen-bond acceptors (Lipinski definition) is 2. The number of aryl methyl sites for hydroxylation is 1. The molecule has 3 aromatic rings. The van der Waals surface area contributed by atoms with Crippen LogP contribution in [0.2, 0.25) is 10.0 Å². The van der Waals surface area contributed by atoms with Crippen LogP contribution in [-0.4, -0.2) is 10.9 Å². The predicted molar refractivity (Wildman–Crippen MR) is 85.3 cm³/mol. The van der Waals surface area contributed by atoms with E-state index < -0.39 is 0 Å². The Balaban J connectivity index is 1.91. The summed E-state index contributed by atoms with van der Waals surface area (Å²) in [6, 6.07) is 8.90. The minimum absolute atomic E-state index is 0.241. The number of hydrogen-bond donors (Lipinski definition) is 2. The van der Waals surface area contributed by atoms with Crippen molar-refractivity contribution >= 4 is 56.3 Å². The van der Waals surface area contributed by atoms with Crippen LogP contribution in [0.4, 0.5) is 5.69 Å². The molecule has 0 atom stereocenters. The Morgan fingerprint density at radius 2 is 2.05 bits per heavy atom. The molecule has 1 aromatic carbocycles. The summed E-state index contributed by atoms with van der Waals surface area (Å²) in [6.45, 7) is 1.95. The van der Waals surface area contributed by atoms with Crippen LogP contribution in [-0.2, 0) is 0 Å². The normalized spacial score (nSPS) is 10.9. The van der Waals surface area contributed by atoms with Gasteiger partial charge in [-0.2, -0.15) is 0 Å². The Hall–Kier alpha value is -1.49. The fraction of sp³-hybridized carbons (Fsp3) is 0.0714. The van der Waals surface area contributed by atoms with Gasteiger partial charge in [0, 0.05) is 4.88 Å². The van der Waals surface area contributed by atoms with E-state index in [1.165, 1.54) is 0 Å². The highest BCUT2D eigenvalue weighted by Gasteiger charge is 2.15. The zero-order valence-corrected chi connectivity index (χ0v) is 12.8. The number of rotatable bonds is 2. The minimum atomic E-state index is -0.241. The SMILES string of the molecule is Cc1sc2cc(C(=O)Nc3ccccc3Cl)[nH]c2c1Cl. The van der Waals surface area contributed by atoms with E-state index in [0.717, 1.165) is 15.1 Å². The number of anilines is 1. The van der Waals surface area contributed by atoms with Gasteiger partial charge in [0.05, 0.1) is 25.9 Å². The van der Waals surface area contributed by atoms with E-state index in [2.05, 4.69) is 10.3 Å². The molecule has 3 rings (SSSR count). The third-order valence-electron chi connectivity index (χ3n) is 2.94. The highest BCUT2D eigenvalue weighted by atomic mass is 35.5. The second kappa shape index (κ2) is 5.13. The molecule has 6 heteroatoms. The van der Waals surface area contributed by atoms with Crippen molar-refractivity contribution in [2.75, 3.05) is 5.32 Å². The highest BCUT2D eigenvalue weighted by Crippen LogP contribution is 2.34. The van der Waals surface area contributed by atoms with Gasteiger partial charge in [0.15, 0.2) is 0 Å². The maximum absolute atomic E-state index is 12.2. The molecular formula is C14H10Cl2N2OS. The second-order valence-electron chi connectivity index (χ2n) is 4.33.